The smallest absolute Gasteiger partial charge is 0.333 e. The van der Waals surface area contributed by atoms with Crippen LogP contribution in [0, 0.1) is 0 Å². The van der Waals surface area contributed by atoms with Crippen molar-refractivity contribution < 1.29 is 9.53 Å². The number of esters is 1. The van der Waals surface area contributed by atoms with E-state index in [9.17, 15) is 4.79 Å². The van der Waals surface area contributed by atoms with E-state index in [1.165, 1.54) is 11.1 Å². The van der Waals surface area contributed by atoms with Crippen LogP contribution in [0.3, 0.4) is 0 Å². The number of hydrogen-bond donors (Lipinski definition) is 0. The molecule has 2 rings (SSSR count). The largest absolute Gasteiger partial charge is 0.462 e. The molecule has 2 heteroatoms. The van der Waals surface area contributed by atoms with Gasteiger partial charge in [-0.2, -0.15) is 0 Å². The molecule has 0 heterocycles. The third-order valence-electron chi connectivity index (χ3n) is 4.14. The van der Waals surface area contributed by atoms with Crippen molar-refractivity contribution in [3.63, 3.8) is 0 Å². The summed E-state index contributed by atoms with van der Waals surface area (Å²) in [6, 6.07) is 19.0. The highest BCUT2D eigenvalue weighted by Gasteiger charge is 2.22. The predicted octanol–water partition coefficient (Wildman–Crippen LogP) is 4.67. The highest BCUT2D eigenvalue weighted by atomic mass is 16.5. The maximum atomic E-state index is 11.4. The number of benzene rings is 2. The Kier molecular flexibility index (Phi) is 5.38. The van der Waals surface area contributed by atoms with Gasteiger partial charge in [-0.05, 0) is 23.6 Å². The van der Waals surface area contributed by atoms with Gasteiger partial charge >= 0.3 is 5.97 Å². The SMILES string of the molecule is C=C(C)C(=O)OCCc1ccc(C(C)(C)c2ccccc2)cc1. The normalized spacial score (nSPS) is 11.1. The second-order valence-electron chi connectivity index (χ2n) is 6.35. The topological polar surface area (TPSA) is 26.3 Å². The van der Waals surface area contributed by atoms with Crippen LogP contribution in [0.1, 0.15) is 37.5 Å². The van der Waals surface area contributed by atoms with Crippen LogP contribution in [0.4, 0.5) is 0 Å². The van der Waals surface area contributed by atoms with Gasteiger partial charge in [-0.15, -0.1) is 0 Å². The molecule has 0 aromatic heterocycles. The highest BCUT2D eigenvalue weighted by molar-refractivity contribution is 5.86. The zero-order chi connectivity index (χ0) is 16.9. The lowest BCUT2D eigenvalue weighted by molar-refractivity contribution is -0.138. The van der Waals surface area contributed by atoms with E-state index in [2.05, 4.69) is 69.0 Å². The first-order chi connectivity index (χ1) is 10.9. The van der Waals surface area contributed by atoms with Crippen LogP contribution in [-0.4, -0.2) is 12.6 Å². The summed E-state index contributed by atoms with van der Waals surface area (Å²) in [5, 5.41) is 0. The predicted molar refractivity (Wildman–Crippen MR) is 94.5 cm³/mol. The number of ether oxygens (including phenoxy) is 1. The molecule has 23 heavy (non-hydrogen) atoms. The van der Waals surface area contributed by atoms with Crippen LogP contribution in [-0.2, 0) is 21.4 Å². The lowest BCUT2D eigenvalue weighted by Crippen LogP contribution is -2.18. The summed E-state index contributed by atoms with van der Waals surface area (Å²) in [5.74, 6) is -0.327. The summed E-state index contributed by atoms with van der Waals surface area (Å²) < 4.78 is 5.14. The molecule has 0 unspecified atom stereocenters. The Morgan fingerprint density at radius 1 is 1.00 bits per heavy atom. The van der Waals surface area contributed by atoms with Gasteiger partial charge in [0.2, 0.25) is 0 Å². The van der Waals surface area contributed by atoms with Crippen molar-refractivity contribution >= 4 is 5.97 Å². The third-order valence-corrected chi connectivity index (χ3v) is 4.14. The standard InChI is InChI=1S/C21H24O2/c1-16(2)20(22)23-15-14-17-10-12-19(13-11-17)21(3,4)18-8-6-5-7-9-18/h5-13H,1,14-15H2,2-4H3. The Morgan fingerprint density at radius 2 is 1.57 bits per heavy atom. The number of carbonyl (C=O) groups excluding carboxylic acids is 1. The quantitative estimate of drug-likeness (QED) is 0.572. The molecular formula is C21H24O2. The molecule has 0 fully saturated rings. The molecule has 2 nitrogen and oxygen atoms in total. The molecule has 0 amide bonds. The van der Waals surface area contributed by atoms with E-state index in [1.807, 2.05) is 6.07 Å². The van der Waals surface area contributed by atoms with Gasteiger partial charge in [-0.25, -0.2) is 4.79 Å². The summed E-state index contributed by atoms with van der Waals surface area (Å²) in [4.78, 5) is 11.4. The van der Waals surface area contributed by atoms with Crippen molar-refractivity contribution in [3.05, 3.63) is 83.4 Å². The molecule has 2 aromatic rings. The highest BCUT2D eigenvalue weighted by Crippen LogP contribution is 2.31. The molecule has 0 bridgehead atoms. The Morgan fingerprint density at radius 3 is 2.13 bits per heavy atom. The van der Waals surface area contributed by atoms with Gasteiger partial charge in [-0.3, -0.25) is 0 Å². The average molecular weight is 308 g/mol. The fourth-order valence-corrected chi connectivity index (χ4v) is 2.49. The minimum atomic E-state index is -0.327. The first kappa shape index (κ1) is 17.0. The van der Waals surface area contributed by atoms with Crippen LogP contribution in [0.15, 0.2) is 66.7 Å². The summed E-state index contributed by atoms with van der Waals surface area (Å²) in [5.41, 5.74) is 4.12. The zero-order valence-corrected chi connectivity index (χ0v) is 14.1. The van der Waals surface area contributed by atoms with E-state index in [-0.39, 0.29) is 11.4 Å². The van der Waals surface area contributed by atoms with Crippen LogP contribution in [0.2, 0.25) is 0 Å². The van der Waals surface area contributed by atoms with Crippen molar-refractivity contribution in [1.82, 2.24) is 0 Å². The zero-order valence-electron chi connectivity index (χ0n) is 14.1. The van der Waals surface area contributed by atoms with Crippen molar-refractivity contribution in [2.75, 3.05) is 6.61 Å². The summed E-state index contributed by atoms with van der Waals surface area (Å²) in [6.45, 7) is 10.1. The van der Waals surface area contributed by atoms with Gasteiger partial charge in [0.1, 0.15) is 0 Å². The van der Waals surface area contributed by atoms with E-state index in [0.717, 1.165) is 5.56 Å². The minimum Gasteiger partial charge on any atom is -0.462 e. The second kappa shape index (κ2) is 7.28. The maximum absolute atomic E-state index is 11.4. The number of hydrogen-bond acceptors (Lipinski definition) is 2. The molecule has 120 valence electrons. The van der Waals surface area contributed by atoms with Gasteiger partial charge in [0.05, 0.1) is 6.61 Å². The molecule has 0 aliphatic heterocycles. The first-order valence-corrected chi connectivity index (χ1v) is 7.89. The molecular weight excluding hydrogens is 284 g/mol. The number of rotatable bonds is 6. The van der Waals surface area contributed by atoms with Gasteiger partial charge in [0.25, 0.3) is 0 Å². The fourth-order valence-electron chi connectivity index (χ4n) is 2.49. The van der Waals surface area contributed by atoms with Crippen LogP contribution < -0.4 is 0 Å². The van der Waals surface area contributed by atoms with E-state index < -0.39 is 0 Å². The lowest BCUT2D eigenvalue weighted by Gasteiger charge is -2.26. The Balaban J connectivity index is 2.02. The van der Waals surface area contributed by atoms with Crippen LogP contribution in [0.25, 0.3) is 0 Å². The van der Waals surface area contributed by atoms with Gasteiger partial charge < -0.3 is 4.74 Å². The number of carbonyl (C=O) groups is 1. The maximum Gasteiger partial charge on any atom is 0.333 e. The molecule has 0 spiro atoms. The van der Waals surface area contributed by atoms with Gasteiger partial charge in [0.15, 0.2) is 0 Å². The molecule has 0 saturated carbocycles. The molecule has 0 aliphatic carbocycles. The fraction of sp³-hybridized carbons (Fsp3) is 0.286. The first-order valence-electron chi connectivity index (χ1n) is 7.89. The van der Waals surface area contributed by atoms with Crippen molar-refractivity contribution in [3.8, 4) is 0 Å². The van der Waals surface area contributed by atoms with Gasteiger partial charge in [0, 0.05) is 17.4 Å². The Bertz CT molecular complexity index is 667. The summed E-state index contributed by atoms with van der Waals surface area (Å²) in [7, 11) is 0. The molecule has 0 saturated heterocycles. The molecule has 2 aromatic carbocycles. The second-order valence-corrected chi connectivity index (χ2v) is 6.35. The molecule has 0 aliphatic rings. The molecule has 0 N–H and O–H groups in total. The van der Waals surface area contributed by atoms with Crippen LogP contribution >= 0.6 is 0 Å². The minimum absolute atomic E-state index is 0.0355. The van der Waals surface area contributed by atoms with E-state index in [4.69, 9.17) is 4.74 Å². The van der Waals surface area contributed by atoms with E-state index in [1.54, 1.807) is 6.92 Å². The monoisotopic (exact) mass is 308 g/mol. The van der Waals surface area contributed by atoms with E-state index in [0.29, 0.717) is 18.6 Å². The third kappa shape index (κ3) is 4.32. The van der Waals surface area contributed by atoms with Crippen molar-refractivity contribution in [2.45, 2.75) is 32.6 Å². The Labute approximate surface area is 138 Å². The lowest BCUT2D eigenvalue weighted by atomic mass is 9.78. The average Bonchev–Trinajstić information content (AvgIpc) is 2.56. The van der Waals surface area contributed by atoms with Crippen molar-refractivity contribution in [2.24, 2.45) is 0 Å². The Hall–Kier alpha value is -2.35. The van der Waals surface area contributed by atoms with Gasteiger partial charge in [-0.1, -0.05) is 75.0 Å². The molecule has 0 atom stereocenters. The summed E-state index contributed by atoms with van der Waals surface area (Å²) in [6.07, 6.45) is 0.713. The van der Waals surface area contributed by atoms with Crippen LogP contribution in [0.5, 0.6) is 0 Å². The van der Waals surface area contributed by atoms with E-state index >= 15 is 0 Å². The summed E-state index contributed by atoms with van der Waals surface area (Å²) >= 11 is 0. The van der Waals surface area contributed by atoms with Crippen molar-refractivity contribution in [1.29, 1.82) is 0 Å². The molecule has 0 radical (unpaired) electrons.